The van der Waals surface area contributed by atoms with Gasteiger partial charge in [0.1, 0.15) is 5.00 Å². The van der Waals surface area contributed by atoms with Crippen molar-refractivity contribution in [1.82, 2.24) is 0 Å². The first-order valence-electron chi connectivity index (χ1n) is 6.72. The average Bonchev–Trinajstić information content (AvgIpc) is 2.74. The summed E-state index contributed by atoms with van der Waals surface area (Å²) in [6.45, 7) is 4.43. The van der Waals surface area contributed by atoms with Crippen LogP contribution in [-0.4, -0.2) is 45.9 Å². The summed E-state index contributed by atoms with van der Waals surface area (Å²) >= 11 is 1.29. The molecule has 0 aromatic carbocycles. The summed E-state index contributed by atoms with van der Waals surface area (Å²) in [4.78, 5) is 14.6. The SMILES string of the molecule is COc1c(N2CCS(=O)(=O)CC2)sc(C(=O)C(C)C)c1N. The van der Waals surface area contributed by atoms with E-state index in [0.29, 0.717) is 29.4 Å². The smallest absolute Gasteiger partial charge is 0.177 e. The summed E-state index contributed by atoms with van der Waals surface area (Å²) in [6.07, 6.45) is 0. The molecule has 1 aliphatic heterocycles. The molecule has 0 atom stereocenters. The Balaban J connectivity index is 2.36. The Morgan fingerprint density at radius 2 is 1.90 bits per heavy atom. The molecule has 118 valence electrons. The number of Topliss-reactive ketones (excluding diaryl/α,β-unsaturated/α-hetero) is 1. The first-order valence-corrected chi connectivity index (χ1v) is 9.36. The Bertz CT molecular complexity index is 635. The van der Waals surface area contributed by atoms with Gasteiger partial charge in [-0.05, 0) is 0 Å². The average molecular weight is 332 g/mol. The number of nitrogens with zero attached hydrogens (tertiary/aromatic N) is 1. The van der Waals surface area contributed by atoms with Crippen LogP contribution in [0.25, 0.3) is 0 Å². The lowest BCUT2D eigenvalue weighted by Crippen LogP contribution is -2.40. The third-order valence-electron chi connectivity index (χ3n) is 3.47. The van der Waals surface area contributed by atoms with E-state index in [1.807, 2.05) is 18.7 Å². The molecule has 1 aromatic heterocycles. The number of ether oxygens (including phenoxy) is 1. The number of carbonyl (C=O) groups excluding carboxylic acids is 1. The van der Waals surface area contributed by atoms with Gasteiger partial charge in [0.25, 0.3) is 0 Å². The highest BCUT2D eigenvalue weighted by atomic mass is 32.2. The molecular formula is C13H20N2O4S2. The van der Waals surface area contributed by atoms with Crippen LogP contribution in [0.3, 0.4) is 0 Å². The molecule has 6 nitrogen and oxygen atoms in total. The van der Waals surface area contributed by atoms with Crippen LogP contribution in [0.5, 0.6) is 5.75 Å². The van der Waals surface area contributed by atoms with Crippen molar-refractivity contribution in [2.75, 3.05) is 42.3 Å². The second-order valence-electron chi connectivity index (χ2n) is 5.34. The van der Waals surface area contributed by atoms with Gasteiger partial charge < -0.3 is 15.4 Å². The van der Waals surface area contributed by atoms with Gasteiger partial charge in [-0.1, -0.05) is 13.8 Å². The molecule has 0 aliphatic carbocycles. The van der Waals surface area contributed by atoms with E-state index >= 15 is 0 Å². The molecule has 0 amide bonds. The van der Waals surface area contributed by atoms with E-state index in [2.05, 4.69) is 0 Å². The van der Waals surface area contributed by atoms with E-state index in [1.54, 1.807) is 0 Å². The van der Waals surface area contributed by atoms with Crippen molar-refractivity contribution in [3.8, 4) is 5.75 Å². The molecule has 2 N–H and O–H groups in total. The van der Waals surface area contributed by atoms with Gasteiger partial charge in [0.2, 0.25) is 0 Å². The van der Waals surface area contributed by atoms with E-state index in [4.69, 9.17) is 10.5 Å². The number of nitrogen functional groups attached to an aromatic ring is 1. The summed E-state index contributed by atoms with van der Waals surface area (Å²) in [5.74, 6) is 0.531. The Morgan fingerprint density at radius 3 is 2.38 bits per heavy atom. The number of carbonyl (C=O) groups is 1. The predicted octanol–water partition coefficient (Wildman–Crippen LogP) is 1.41. The van der Waals surface area contributed by atoms with Gasteiger partial charge in [-0.3, -0.25) is 4.79 Å². The number of thiophene rings is 1. The molecule has 1 aromatic rings. The van der Waals surface area contributed by atoms with Crippen LogP contribution in [-0.2, 0) is 9.84 Å². The second kappa shape index (κ2) is 5.84. The summed E-state index contributed by atoms with van der Waals surface area (Å²) in [6, 6.07) is 0. The number of sulfone groups is 1. The molecule has 1 fully saturated rings. The van der Waals surface area contributed by atoms with E-state index in [1.165, 1.54) is 18.4 Å². The van der Waals surface area contributed by atoms with Crippen molar-refractivity contribution in [3.05, 3.63) is 4.88 Å². The minimum atomic E-state index is -2.95. The Hall–Kier alpha value is -1.28. The molecule has 21 heavy (non-hydrogen) atoms. The minimum absolute atomic E-state index is 0.0216. The van der Waals surface area contributed by atoms with Gasteiger partial charge >= 0.3 is 0 Å². The number of anilines is 2. The van der Waals surface area contributed by atoms with E-state index in [0.717, 1.165) is 5.00 Å². The van der Waals surface area contributed by atoms with Crippen molar-refractivity contribution in [2.24, 2.45) is 5.92 Å². The van der Waals surface area contributed by atoms with Crippen LogP contribution >= 0.6 is 11.3 Å². The number of nitrogens with two attached hydrogens (primary N) is 1. The monoisotopic (exact) mass is 332 g/mol. The number of ketones is 1. The van der Waals surface area contributed by atoms with E-state index < -0.39 is 9.84 Å². The zero-order valence-corrected chi connectivity index (χ0v) is 14.0. The van der Waals surface area contributed by atoms with Crippen molar-refractivity contribution in [1.29, 1.82) is 0 Å². The van der Waals surface area contributed by atoms with Gasteiger partial charge in [-0.15, -0.1) is 11.3 Å². The molecule has 2 heterocycles. The van der Waals surface area contributed by atoms with Gasteiger partial charge in [-0.2, -0.15) is 0 Å². The summed E-state index contributed by atoms with van der Waals surface area (Å²) in [7, 11) is -1.45. The van der Waals surface area contributed by atoms with Crippen LogP contribution in [0.15, 0.2) is 0 Å². The molecule has 0 unspecified atom stereocenters. The Labute approximate surface area is 128 Å². The largest absolute Gasteiger partial charge is 0.492 e. The van der Waals surface area contributed by atoms with Crippen LogP contribution in [0, 0.1) is 5.92 Å². The fourth-order valence-corrected chi connectivity index (χ4v) is 4.71. The molecule has 2 rings (SSSR count). The van der Waals surface area contributed by atoms with Crippen molar-refractivity contribution < 1.29 is 17.9 Å². The first kappa shape index (κ1) is 16.1. The van der Waals surface area contributed by atoms with Gasteiger partial charge in [0.05, 0.1) is 29.2 Å². The lowest BCUT2D eigenvalue weighted by Gasteiger charge is -2.27. The number of hydrogen-bond donors (Lipinski definition) is 1. The molecule has 0 spiro atoms. The summed E-state index contributed by atoms with van der Waals surface area (Å²) in [5, 5.41) is 0.744. The summed E-state index contributed by atoms with van der Waals surface area (Å²) in [5.41, 5.74) is 6.38. The quantitative estimate of drug-likeness (QED) is 0.839. The third-order valence-corrected chi connectivity index (χ3v) is 6.34. The van der Waals surface area contributed by atoms with Gasteiger partial charge in [-0.25, -0.2) is 8.42 Å². The fourth-order valence-electron chi connectivity index (χ4n) is 2.18. The van der Waals surface area contributed by atoms with Crippen LogP contribution in [0.2, 0.25) is 0 Å². The third kappa shape index (κ3) is 3.16. The van der Waals surface area contributed by atoms with Crippen LogP contribution in [0.4, 0.5) is 10.7 Å². The maximum absolute atomic E-state index is 12.2. The van der Waals surface area contributed by atoms with Crippen LogP contribution < -0.4 is 15.4 Å². The zero-order chi connectivity index (χ0) is 15.8. The van der Waals surface area contributed by atoms with Crippen LogP contribution in [0.1, 0.15) is 23.5 Å². The molecule has 1 aliphatic rings. The fraction of sp³-hybridized carbons (Fsp3) is 0.615. The number of rotatable bonds is 4. The number of methoxy groups -OCH3 is 1. The molecule has 0 saturated carbocycles. The van der Waals surface area contributed by atoms with E-state index in [-0.39, 0.29) is 23.2 Å². The van der Waals surface area contributed by atoms with Gasteiger partial charge in [0.15, 0.2) is 21.4 Å². The van der Waals surface area contributed by atoms with Crippen molar-refractivity contribution in [2.45, 2.75) is 13.8 Å². The lowest BCUT2D eigenvalue weighted by molar-refractivity contribution is 0.0944. The van der Waals surface area contributed by atoms with Crippen molar-refractivity contribution >= 4 is 37.6 Å². The molecular weight excluding hydrogens is 312 g/mol. The maximum atomic E-state index is 12.2. The van der Waals surface area contributed by atoms with Gasteiger partial charge in [0, 0.05) is 19.0 Å². The molecule has 0 bridgehead atoms. The zero-order valence-electron chi connectivity index (χ0n) is 12.4. The number of hydrogen-bond acceptors (Lipinski definition) is 7. The summed E-state index contributed by atoms with van der Waals surface area (Å²) < 4.78 is 28.4. The Morgan fingerprint density at radius 1 is 1.33 bits per heavy atom. The van der Waals surface area contributed by atoms with E-state index in [9.17, 15) is 13.2 Å². The lowest BCUT2D eigenvalue weighted by atomic mass is 10.1. The predicted molar refractivity (Wildman–Crippen MR) is 85.3 cm³/mol. The molecule has 0 radical (unpaired) electrons. The highest BCUT2D eigenvalue weighted by Gasteiger charge is 2.29. The normalized spacial score (nSPS) is 18.0. The highest BCUT2D eigenvalue weighted by Crippen LogP contribution is 2.45. The highest BCUT2D eigenvalue weighted by molar-refractivity contribution is 7.91. The Kier molecular flexibility index (Phi) is 4.48. The topological polar surface area (TPSA) is 89.7 Å². The standard InChI is InChI=1S/C13H20N2O4S2/c1-8(2)10(16)12-9(14)11(19-3)13(20-12)15-4-6-21(17,18)7-5-15/h8H,4-7,14H2,1-3H3. The molecule has 1 saturated heterocycles. The van der Waals surface area contributed by atoms with Crippen molar-refractivity contribution in [3.63, 3.8) is 0 Å². The first-order chi connectivity index (χ1) is 9.76. The maximum Gasteiger partial charge on any atom is 0.177 e. The molecule has 8 heteroatoms. The second-order valence-corrected chi connectivity index (χ2v) is 8.64. The minimum Gasteiger partial charge on any atom is -0.492 e.